The molecule has 2 heterocycles. The average Bonchev–Trinajstić information content (AvgIpc) is 3.08. The second-order valence-corrected chi connectivity index (χ2v) is 6.36. The summed E-state index contributed by atoms with van der Waals surface area (Å²) in [6.07, 6.45) is 5.59. The second kappa shape index (κ2) is 9.58. The molecule has 1 aromatic rings. The molecular formula is C14H26IN5S. The van der Waals surface area contributed by atoms with Gasteiger partial charge in [-0.1, -0.05) is 6.92 Å². The Morgan fingerprint density at radius 1 is 1.52 bits per heavy atom. The van der Waals surface area contributed by atoms with Crippen molar-refractivity contribution in [1.82, 2.24) is 20.5 Å². The standard InChI is InChI=1S/C14H25N5S.HI/c1-4-12-9-16-13(20-12)10-18-14(15-2)17-8-11-6-5-7-19(11)3;/h9,11H,4-8,10H2,1-3H3,(H2,15,17,18);1H. The van der Waals surface area contributed by atoms with Gasteiger partial charge in [0.1, 0.15) is 5.01 Å². The highest BCUT2D eigenvalue weighted by Crippen LogP contribution is 2.14. The summed E-state index contributed by atoms with van der Waals surface area (Å²) in [5, 5.41) is 7.85. The van der Waals surface area contributed by atoms with E-state index < -0.39 is 0 Å². The van der Waals surface area contributed by atoms with E-state index in [9.17, 15) is 0 Å². The van der Waals surface area contributed by atoms with Gasteiger partial charge in [-0.3, -0.25) is 4.99 Å². The maximum absolute atomic E-state index is 4.41. The molecule has 1 fully saturated rings. The topological polar surface area (TPSA) is 52.6 Å². The first-order valence-corrected chi connectivity index (χ1v) is 8.13. The van der Waals surface area contributed by atoms with E-state index in [4.69, 9.17) is 0 Å². The molecule has 1 aromatic heterocycles. The van der Waals surface area contributed by atoms with E-state index in [1.165, 1.54) is 24.3 Å². The number of nitrogens with zero attached hydrogens (tertiary/aromatic N) is 3. The Labute approximate surface area is 148 Å². The van der Waals surface area contributed by atoms with E-state index in [1.54, 1.807) is 11.3 Å². The predicted molar refractivity (Wildman–Crippen MR) is 101 cm³/mol. The fourth-order valence-corrected chi connectivity index (χ4v) is 3.23. The number of aromatic nitrogens is 1. The molecule has 21 heavy (non-hydrogen) atoms. The number of rotatable bonds is 5. The van der Waals surface area contributed by atoms with Gasteiger partial charge in [0, 0.05) is 30.7 Å². The van der Waals surface area contributed by atoms with Crippen LogP contribution in [-0.4, -0.2) is 49.1 Å². The van der Waals surface area contributed by atoms with Gasteiger partial charge >= 0.3 is 0 Å². The first kappa shape index (κ1) is 18.6. The molecule has 1 aliphatic rings. The molecule has 2 N–H and O–H groups in total. The van der Waals surface area contributed by atoms with Crippen LogP contribution in [0.1, 0.15) is 29.7 Å². The zero-order chi connectivity index (χ0) is 14.4. The molecule has 0 bridgehead atoms. The Balaban J connectivity index is 0.00000220. The molecule has 1 aliphatic heterocycles. The lowest BCUT2D eigenvalue weighted by atomic mass is 10.2. The quantitative estimate of drug-likeness (QED) is 0.433. The number of thiazole rings is 1. The number of halogens is 1. The van der Waals surface area contributed by atoms with E-state index in [0.29, 0.717) is 6.04 Å². The molecule has 0 aromatic carbocycles. The average molecular weight is 423 g/mol. The molecule has 0 saturated carbocycles. The molecular weight excluding hydrogens is 397 g/mol. The molecule has 0 spiro atoms. The first-order chi connectivity index (χ1) is 9.72. The molecule has 0 aliphatic carbocycles. The normalized spacial score (nSPS) is 19.4. The van der Waals surface area contributed by atoms with Crippen LogP contribution in [0.3, 0.4) is 0 Å². The van der Waals surface area contributed by atoms with E-state index in [1.807, 2.05) is 13.2 Å². The fourth-order valence-electron chi connectivity index (χ4n) is 2.42. The van der Waals surface area contributed by atoms with Gasteiger partial charge in [0.15, 0.2) is 5.96 Å². The molecule has 1 atom stereocenters. The summed E-state index contributed by atoms with van der Waals surface area (Å²) >= 11 is 1.76. The van der Waals surface area contributed by atoms with Crippen molar-refractivity contribution in [2.45, 2.75) is 38.8 Å². The SMILES string of the molecule is CCc1cnc(CNC(=NC)NCC2CCCN2C)s1.I. The highest BCUT2D eigenvalue weighted by molar-refractivity contribution is 14.0. The summed E-state index contributed by atoms with van der Waals surface area (Å²) in [6.45, 7) is 5.06. The van der Waals surface area contributed by atoms with Crippen LogP contribution in [-0.2, 0) is 13.0 Å². The number of nitrogens with one attached hydrogen (secondary N) is 2. The summed E-state index contributed by atoms with van der Waals surface area (Å²) in [6, 6.07) is 0.625. The van der Waals surface area contributed by atoms with Crippen LogP contribution >= 0.6 is 35.3 Å². The number of hydrogen-bond acceptors (Lipinski definition) is 4. The second-order valence-electron chi connectivity index (χ2n) is 5.16. The molecule has 1 saturated heterocycles. The van der Waals surface area contributed by atoms with Crippen LogP contribution in [0.5, 0.6) is 0 Å². The number of aryl methyl sites for hydroxylation is 1. The number of guanidine groups is 1. The van der Waals surface area contributed by atoms with Crippen molar-refractivity contribution in [3.8, 4) is 0 Å². The Hall–Kier alpha value is -0.410. The molecule has 0 amide bonds. The van der Waals surface area contributed by atoms with Crippen molar-refractivity contribution in [3.63, 3.8) is 0 Å². The molecule has 0 radical (unpaired) electrons. The summed E-state index contributed by atoms with van der Waals surface area (Å²) < 4.78 is 0. The highest BCUT2D eigenvalue weighted by atomic mass is 127. The lowest BCUT2D eigenvalue weighted by molar-refractivity contribution is 0.309. The molecule has 7 heteroatoms. The van der Waals surface area contributed by atoms with Gasteiger partial charge in [-0.25, -0.2) is 4.98 Å². The number of aliphatic imine (C=N–C) groups is 1. The number of likely N-dealkylation sites (tertiary alicyclic amines) is 1. The van der Waals surface area contributed by atoms with Crippen molar-refractivity contribution in [1.29, 1.82) is 0 Å². The number of hydrogen-bond donors (Lipinski definition) is 2. The van der Waals surface area contributed by atoms with Crippen molar-refractivity contribution in [2.24, 2.45) is 4.99 Å². The Morgan fingerprint density at radius 2 is 2.33 bits per heavy atom. The van der Waals surface area contributed by atoms with Crippen molar-refractivity contribution < 1.29 is 0 Å². The molecule has 120 valence electrons. The van der Waals surface area contributed by atoms with Crippen LogP contribution in [0.2, 0.25) is 0 Å². The summed E-state index contributed by atoms with van der Waals surface area (Å²) in [5.41, 5.74) is 0. The lowest BCUT2D eigenvalue weighted by Crippen LogP contribution is -2.43. The minimum atomic E-state index is 0. The maximum Gasteiger partial charge on any atom is 0.191 e. The maximum atomic E-state index is 4.41. The van der Waals surface area contributed by atoms with Gasteiger partial charge in [0.25, 0.3) is 0 Å². The van der Waals surface area contributed by atoms with Crippen LogP contribution < -0.4 is 10.6 Å². The molecule has 1 unspecified atom stereocenters. The van der Waals surface area contributed by atoms with E-state index in [0.717, 1.165) is 30.5 Å². The van der Waals surface area contributed by atoms with Crippen LogP contribution in [0, 0.1) is 0 Å². The van der Waals surface area contributed by atoms with Gasteiger partial charge in [-0.2, -0.15) is 0 Å². The summed E-state index contributed by atoms with van der Waals surface area (Å²) in [4.78, 5) is 12.4. The monoisotopic (exact) mass is 423 g/mol. The zero-order valence-corrected chi connectivity index (χ0v) is 16.2. The molecule has 5 nitrogen and oxygen atoms in total. The first-order valence-electron chi connectivity index (χ1n) is 7.31. The van der Waals surface area contributed by atoms with Gasteiger partial charge < -0.3 is 15.5 Å². The Bertz CT molecular complexity index is 448. The third kappa shape index (κ3) is 5.71. The Kier molecular flexibility index (Phi) is 8.50. The minimum absolute atomic E-state index is 0. The fraction of sp³-hybridized carbons (Fsp3) is 0.714. The smallest absolute Gasteiger partial charge is 0.191 e. The molecule has 2 rings (SSSR count). The van der Waals surface area contributed by atoms with E-state index >= 15 is 0 Å². The highest BCUT2D eigenvalue weighted by Gasteiger charge is 2.20. The number of likely N-dealkylation sites (N-methyl/N-ethyl adjacent to an activating group) is 1. The summed E-state index contributed by atoms with van der Waals surface area (Å²) in [7, 11) is 4.00. The zero-order valence-electron chi connectivity index (χ0n) is 13.1. The predicted octanol–water partition coefficient (Wildman–Crippen LogP) is 2.08. The van der Waals surface area contributed by atoms with Crippen LogP contribution in [0.25, 0.3) is 0 Å². The van der Waals surface area contributed by atoms with Crippen molar-refractivity contribution in [2.75, 3.05) is 27.2 Å². The van der Waals surface area contributed by atoms with Gasteiger partial charge in [0.05, 0.1) is 6.54 Å². The minimum Gasteiger partial charge on any atom is -0.355 e. The summed E-state index contributed by atoms with van der Waals surface area (Å²) in [5.74, 6) is 0.860. The van der Waals surface area contributed by atoms with Gasteiger partial charge in [-0.15, -0.1) is 35.3 Å². The van der Waals surface area contributed by atoms with Gasteiger partial charge in [-0.05, 0) is 32.9 Å². The lowest BCUT2D eigenvalue weighted by Gasteiger charge is -2.21. The van der Waals surface area contributed by atoms with Crippen LogP contribution in [0.4, 0.5) is 0 Å². The van der Waals surface area contributed by atoms with E-state index in [-0.39, 0.29) is 24.0 Å². The van der Waals surface area contributed by atoms with Crippen molar-refractivity contribution >= 4 is 41.3 Å². The Morgan fingerprint density at radius 3 is 2.90 bits per heavy atom. The largest absolute Gasteiger partial charge is 0.355 e. The van der Waals surface area contributed by atoms with Gasteiger partial charge in [0.2, 0.25) is 0 Å². The van der Waals surface area contributed by atoms with E-state index in [2.05, 4.69) is 39.5 Å². The third-order valence-corrected chi connectivity index (χ3v) is 4.90. The third-order valence-electron chi connectivity index (χ3n) is 3.76. The van der Waals surface area contributed by atoms with Crippen molar-refractivity contribution in [3.05, 3.63) is 16.1 Å². The van der Waals surface area contributed by atoms with Crippen LogP contribution in [0.15, 0.2) is 11.2 Å².